The minimum Gasteiger partial charge on any atom is -0.477 e. The normalized spacial score (nSPS) is 11.3. The number of nitrogens with one attached hydrogen (secondary N) is 2. The van der Waals surface area contributed by atoms with Crippen LogP contribution in [0.15, 0.2) is 76.4 Å². The molecule has 0 atom stereocenters. The summed E-state index contributed by atoms with van der Waals surface area (Å²) < 4.78 is 1.60. The lowest BCUT2D eigenvalue weighted by Gasteiger charge is -2.10. The van der Waals surface area contributed by atoms with Crippen molar-refractivity contribution in [3.05, 3.63) is 104 Å². The van der Waals surface area contributed by atoms with Gasteiger partial charge in [0.05, 0.1) is 6.54 Å². The summed E-state index contributed by atoms with van der Waals surface area (Å²) in [5, 5.41) is 11.7. The van der Waals surface area contributed by atoms with Gasteiger partial charge in [0.15, 0.2) is 0 Å². The number of nitrogens with zero attached hydrogens (tertiary/aromatic N) is 1. The zero-order valence-electron chi connectivity index (χ0n) is 17.2. The van der Waals surface area contributed by atoms with E-state index >= 15 is 0 Å². The van der Waals surface area contributed by atoms with Gasteiger partial charge in [0.1, 0.15) is 5.69 Å². The maximum atomic E-state index is 12.8. The number of carbonyl (C=O) groups is 1. The number of aromatic carboxylic acids is 1. The molecule has 0 saturated heterocycles. The maximum absolute atomic E-state index is 12.8. The molecule has 3 N–H and O–H groups in total. The first kappa shape index (κ1) is 19.6. The van der Waals surface area contributed by atoms with Gasteiger partial charge in [-0.1, -0.05) is 30.3 Å². The van der Waals surface area contributed by atoms with Gasteiger partial charge in [-0.25, -0.2) is 4.79 Å². The van der Waals surface area contributed by atoms with E-state index in [1.807, 2.05) is 49.4 Å². The predicted molar refractivity (Wildman–Crippen MR) is 123 cm³/mol. The van der Waals surface area contributed by atoms with Gasteiger partial charge in [-0.2, -0.15) is 0 Å². The van der Waals surface area contributed by atoms with Gasteiger partial charge in [0.25, 0.3) is 11.1 Å². The summed E-state index contributed by atoms with van der Waals surface area (Å²) >= 11 is 0. The first-order chi connectivity index (χ1) is 15.4. The molecule has 0 radical (unpaired) electrons. The minimum absolute atomic E-state index is 0.0325. The number of H-pyrrole nitrogens is 2. The third kappa shape index (κ3) is 3.11. The number of aromatic nitrogens is 3. The first-order valence-electron chi connectivity index (χ1n) is 10.1. The number of hydrogen-bond acceptors (Lipinski definition) is 3. The first-order valence-corrected chi connectivity index (χ1v) is 10.1. The number of carboxylic acids is 1. The molecule has 3 heterocycles. The van der Waals surface area contributed by atoms with Gasteiger partial charge in [-0.05, 0) is 48.2 Å². The Bertz CT molecular complexity index is 1640. The van der Waals surface area contributed by atoms with Crippen LogP contribution in [0.4, 0.5) is 0 Å². The van der Waals surface area contributed by atoms with Crippen LogP contribution in [0.3, 0.4) is 0 Å². The number of pyridine rings is 2. The Morgan fingerprint density at radius 1 is 1.00 bits per heavy atom. The molecule has 158 valence electrons. The molecule has 0 aliphatic carbocycles. The lowest BCUT2D eigenvalue weighted by molar-refractivity contribution is 0.0687. The molecular formula is C25H19N3O4. The highest BCUT2D eigenvalue weighted by Gasteiger charge is 2.25. The molecule has 0 bridgehead atoms. The van der Waals surface area contributed by atoms with Crippen LogP contribution < -0.4 is 11.1 Å². The second-order valence-electron chi connectivity index (χ2n) is 7.76. The molecule has 0 unspecified atom stereocenters. The van der Waals surface area contributed by atoms with Crippen molar-refractivity contribution in [3.63, 3.8) is 0 Å². The number of aryl methyl sites for hydroxylation is 1. The lowest BCUT2D eigenvalue weighted by Crippen LogP contribution is -2.18. The Hall–Kier alpha value is -4.39. The molecule has 2 aromatic carbocycles. The van der Waals surface area contributed by atoms with E-state index in [9.17, 15) is 19.5 Å². The van der Waals surface area contributed by atoms with Crippen molar-refractivity contribution in [2.45, 2.75) is 13.5 Å². The maximum Gasteiger partial charge on any atom is 0.353 e. The fourth-order valence-electron chi connectivity index (χ4n) is 4.22. The van der Waals surface area contributed by atoms with Crippen LogP contribution in [-0.2, 0) is 6.54 Å². The summed E-state index contributed by atoms with van der Waals surface area (Å²) in [6, 6.07) is 18.0. The van der Waals surface area contributed by atoms with Crippen LogP contribution in [0.2, 0.25) is 0 Å². The molecule has 0 amide bonds. The number of fused-ring (bicyclic) bond motifs is 2. The van der Waals surface area contributed by atoms with Crippen LogP contribution in [0, 0.1) is 6.92 Å². The van der Waals surface area contributed by atoms with Crippen molar-refractivity contribution in [3.8, 4) is 11.1 Å². The van der Waals surface area contributed by atoms with Crippen LogP contribution in [-0.4, -0.2) is 25.6 Å². The highest BCUT2D eigenvalue weighted by molar-refractivity contribution is 6.08. The molecule has 0 spiro atoms. The van der Waals surface area contributed by atoms with Crippen molar-refractivity contribution in [2.24, 2.45) is 0 Å². The molecule has 0 aliphatic rings. The zero-order valence-corrected chi connectivity index (χ0v) is 17.2. The number of para-hydroxylation sites is 1. The zero-order chi connectivity index (χ0) is 22.4. The molecular weight excluding hydrogens is 406 g/mol. The number of aromatic amines is 2. The average Bonchev–Trinajstić information content (AvgIpc) is 3.08. The van der Waals surface area contributed by atoms with E-state index in [2.05, 4.69) is 9.97 Å². The second kappa shape index (κ2) is 7.39. The Kier molecular flexibility index (Phi) is 4.52. The Labute approximate surface area is 181 Å². The van der Waals surface area contributed by atoms with Crippen molar-refractivity contribution >= 4 is 27.8 Å². The van der Waals surface area contributed by atoms with E-state index in [1.165, 1.54) is 6.20 Å². The molecule has 5 aromatic rings. The van der Waals surface area contributed by atoms with Crippen LogP contribution in [0.1, 0.15) is 21.6 Å². The molecule has 0 saturated carbocycles. The van der Waals surface area contributed by atoms with Gasteiger partial charge in [-0.15, -0.1) is 0 Å². The number of benzene rings is 2. The predicted octanol–water partition coefficient (Wildman–Crippen LogP) is 3.89. The summed E-state index contributed by atoms with van der Waals surface area (Å²) in [7, 11) is 0. The Balaban J connectivity index is 1.83. The van der Waals surface area contributed by atoms with E-state index in [0.29, 0.717) is 27.5 Å². The Morgan fingerprint density at radius 3 is 2.59 bits per heavy atom. The van der Waals surface area contributed by atoms with E-state index in [0.717, 1.165) is 10.9 Å². The fraction of sp³-hybridized carbons (Fsp3) is 0.0800. The van der Waals surface area contributed by atoms with Crippen molar-refractivity contribution in [1.82, 2.24) is 14.5 Å². The van der Waals surface area contributed by atoms with Crippen molar-refractivity contribution in [2.75, 3.05) is 0 Å². The van der Waals surface area contributed by atoms with Crippen molar-refractivity contribution in [1.29, 1.82) is 0 Å². The molecule has 32 heavy (non-hydrogen) atoms. The van der Waals surface area contributed by atoms with Crippen LogP contribution >= 0.6 is 0 Å². The van der Waals surface area contributed by atoms with Crippen LogP contribution in [0.25, 0.3) is 32.9 Å². The lowest BCUT2D eigenvalue weighted by atomic mass is 10.0. The van der Waals surface area contributed by atoms with E-state index in [4.69, 9.17) is 0 Å². The topological polar surface area (TPSA) is 108 Å². The fourth-order valence-corrected chi connectivity index (χ4v) is 4.22. The SMILES string of the molecule is Cc1ccc2c(-c3ccc[nH]c3=O)c(C(=O)O)n(Cc3cc4ccccc4[nH]c3=O)c2c1. The number of carboxylic acid groups (broad SMARTS) is 1. The summed E-state index contributed by atoms with van der Waals surface area (Å²) in [6.45, 7) is 1.96. The van der Waals surface area contributed by atoms with E-state index < -0.39 is 5.97 Å². The second-order valence-corrected chi connectivity index (χ2v) is 7.76. The third-order valence-electron chi connectivity index (χ3n) is 5.67. The summed E-state index contributed by atoms with van der Waals surface area (Å²) in [6.07, 6.45) is 1.50. The average molecular weight is 425 g/mol. The third-order valence-corrected chi connectivity index (χ3v) is 5.67. The summed E-state index contributed by atoms with van der Waals surface area (Å²) in [5.41, 5.74) is 2.64. The van der Waals surface area contributed by atoms with Gasteiger partial charge < -0.3 is 19.6 Å². The van der Waals surface area contributed by atoms with Gasteiger partial charge >= 0.3 is 5.97 Å². The molecule has 7 nitrogen and oxygen atoms in total. The molecule has 5 rings (SSSR count). The molecule has 0 fully saturated rings. The highest BCUT2D eigenvalue weighted by atomic mass is 16.4. The monoisotopic (exact) mass is 425 g/mol. The molecule has 3 aromatic heterocycles. The number of hydrogen-bond donors (Lipinski definition) is 3. The van der Waals surface area contributed by atoms with Gasteiger partial charge in [0.2, 0.25) is 0 Å². The Morgan fingerprint density at radius 2 is 1.81 bits per heavy atom. The summed E-state index contributed by atoms with van der Waals surface area (Å²) in [5.74, 6) is -1.17. The quantitative estimate of drug-likeness (QED) is 0.406. The van der Waals surface area contributed by atoms with E-state index in [1.54, 1.807) is 22.8 Å². The summed E-state index contributed by atoms with van der Waals surface area (Å²) in [4.78, 5) is 43.3. The standard InChI is InChI=1S/C25H19N3O4/c1-14-8-9-17-20(11-14)28(13-16-12-15-5-2-3-7-19(15)27-23(16)29)22(25(31)32)21(17)18-6-4-10-26-24(18)30/h2-12H,13H2,1H3,(H,26,30)(H,27,29)(H,31,32). The van der Waals surface area contributed by atoms with Crippen LogP contribution in [0.5, 0.6) is 0 Å². The van der Waals surface area contributed by atoms with Gasteiger partial charge in [0, 0.05) is 39.3 Å². The van der Waals surface area contributed by atoms with E-state index in [-0.39, 0.29) is 28.9 Å². The minimum atomic E-state index is -1.17. The van der Waals surface area contributed by atoms with Crippen molar-refractivity contribution < 1.29 is 9.90 Å². The largest absolute Gasteiger partial charge is 0.477 e. The van der Waals surface area contributed by atoms with Gasteiger partial charge in [-0.3, -0.25) is 9.59 Å². The molecule has 7 heteroatoms. The smallest absolute Gasteiger partial charge is 0.353 e. The number of rotatable bonds is 4. The highest BCUT2D eigenvalue weighted by Crippen LogP contribution is 2.34. The molecule has 0 aliphatic heterocycles.